The van der Waals surface area contributed by atoms with Crippen molar-refractivity contribution in [2.45, 2.75) is 0 Å². The first-order valence-electron chi connectivity index (χ1n) is 5.94. The zero-order chi connectivity index (χ0) is 14.1. The summed E-state index contributed by atoms with van der Waals surface area (Å²) in [7, 11) is 3.25. The molecule has 0 radical (unpaired) electrons. The van der Waals surface area contributed by atoms with Crippen LogP contribution in [0.4, 0.5) is 0 Å². The van der Waals surface area contributed by atoms with Crippen molar-refractivity contribution in [3.05, 3.63) is 41.3 Å². The topological polar surface area (TPSA) is 49.2 Å². The van der Waals surface area contributed by atoms with Crippen molar-refractivity contribution in [3.8, 4) is 17.2 Å². The fourth-order valence-corrected chi connectivity index (χ4v) is 2.29. The highest BCUT2D eigenvalue weighted by Crippen LogP contribution is 2.27. The largest absolute Gasteiger partial charge is 0.497 e. The maximum absolute atomic E-state index is 5.29. The van der Waals surface area contributed by atoms with Crippen LogP contribution in [0.15, 0.2) is 41.3 Å². The van der Waals surface area contributed by atoms with Crippen molar-refractivity contribution in [2.75, 3.05) is 14.2 Å². The van der Waals surface area contributed by atoms with Gasteiger partial charge in [-0.2, -0.15) is 0 Å². The van der Waals surface area contributed by atoms with Gasteiger partial charge in [-0.05, 0) is 28.1 Å². The Morgan fingerprint density at radius 3 is 2.40 bits per heavy atom. The Kier molecular flexibility index (Phi) is 3.31. The Balaban J connectivity index is 2.22. The number of methoxy groups -OCH3 is 2. The molecule has 3 aromatic rings. The molecular formula is C14H12BrN3O2. The summed E-state index contributed by atoms with van der Waals surface area (Å²) in [4.78, 5) is 8.80. The Bertz CT molecular complexity index is 748. The predicted molar refractivity (Wildman–Crippen MR) is 79.7 cm³/mol. The Morgan fingerprint density at radius 1 is 1.05 bits per heavy atom. The van der Waals surface area contributed by atoms with E-state index in [1.807, 2.05) is 34.9 Å². The fourth-order valence-electron chi connectivity index (χ4n) is 1.99. The van der Waals surface area contributed by atoms with Crippen LogP contribution >= 0.6 is 15.9 Å². The molecule has 0 fully saturated rings. The van der Waals surface area contributed by atoms with Crippen LogP contribution < -0.4 is 9.47 Å². The first kappa shape index (κ1) is 12.9. The number of imidazole rings is 1. The first-order chi connectivity index (χ1) is 9.71. The van der Waals surface area contributed by atoms with E-state index in [0.29, 0.717) is 0 Å². The highest BCUT2D eigenvalue weighted by molar-refractivity contribution is 9.10. The van der Waals surface area contributed by atoms with Crippen LogP contribution in [-0.2, 0) is 0 Å². The number of nitrogens with zero attached hydrogens (tertiary/aromatic N) is 3. The smallest absolute Gasteiger partial charge is 0.165 e. The summed E-state index contributed by atoms with van der Waals surface area (Å²) >= 11 is 3.38. The van der Waals surface area contributed by atoms with Gasteiger partial charge in [-0.1, -0.05) is 0 Å². The zero-order valence-electron chi connectivity index (χ0n) is 11.0. The minimum absolute atomic E-state index is 0.719. The van der Waals surface area contributed by atoms with E-state index in [4.69, 9.17) is 9.47 Å². The lowest BCUT2D eigenvalue weighted by Crippen LogP contribution is -1.96. The van der Waals surface area contributed by atoms with Crippen LogP contribution in [-0.4, -0.2) is 28.8 Å². The number of rotatable bonds is 3. The average molecular weight is 334 g/mol. The number of benzene rings is 1. The number of ether oxygens (including phenoxy) is 2. The molecule has 2 aromatic heterocycles. The van der Waals surface area contributed by atoms with Gasteiger partial charge < -0.3 is 9.47 Å². The van der Waals surface area contributed by atoms with Gasteiger partial charge in [0.1, 0.15) is 27.9 Å². The van der Waals surface area contributed by atoms with Gasteiger partial charge in [0.15, 0.2) is 5.65 Å². The number of fused-ring (bicyclic) bond motifs is 1. The monoisotopic (exact) mass is 333 g/mol. The molecule has 20 heavy (non-hydrogen) atoms. The molecule has 0 unspecified atom stereocenters. The molecule has 102 valence electrons. The van der Waals surface area contributed by atoms with Gasteiger partial charge in [-0.25, -0.2) is 9.97 Å². The second-order valence-electron chi connectivity index (χ2n) is 4.16. The number of aromatic nitrogens is 3. The van der Waals surface area contributed by atoms with E-state index in [1.54, 1.807) is 20.5 Å². The maximum Gasteiger partial charge on any atom is 0.165 e. The molecule has 5 nitrogen and oxygen atoms in total. The fraction of sp³-hybridized carbons (Fsp3) is 0.143. The highest BCUT2D eigenvalue weighted by Gasteiger charge is 2.09. The second kappa shape index (κ2) is 5.13. The average Bonchev–Trinajstić information content (AvgIpc) is 2.89. The molecule has 0 saturated heterocycles. The third kappa shape index (κ3) is 2.22. The van der Waals surface area contributed by atoms with Crippen LogP contribution in [0.3, 0.4) is 0 Å². The van der Waals surface area contributed by atoms with Gasteiger partial charge in [0.25, 0.3) is 0 Å². The van der Waals surface area contributed by atoms with E-state index in [9.17, 15) is 0 Å². The molecule has 0 bridgehead atoms. The zero-order valence-corrected chi connectivity index (χ0v) is 12.6. The lowest BCUT2D eigenvalue weighted by molar-refractivity contribution is 0.394. The summed E-state index contributed by atoms with van der Waals surface area (Å²) in [5.41, 5.74) is 2.49. The van der Waals surface area contributed by atoms with Crippen LogP contribution in [0.1, 0.15) is 0 Å². The summed E-state index contributed by atoms with van der Waals surface area (Å²) in [6.07, 6.45) is 1.73. The molecule has 1 aromatic carbocycles. The summed E-state index contributed by atoms with van der Waals surface area (Å²) in [6, 6.07) is 9.43. The third-order valence-electron chi connectivity index (χ3n) is 2.98. The molecule has 0 spiro atoms. The van der Waals surface area contributed by atoms with E-state index in [2.05, 4.69) is 25.9 Å². The van der Waals surface area contributed by atoms with Gasteiger partial charge in [-0.3, -0.25) is 4.57 Å². The molecule has 0 aliphatic carbocycles. The molecule has 0 N–H and O–H groups in total. The van der Waals surface area contributed by atoms with E-state index < -0.39 is 0 Å². The number of halogens is 1. The van der Waals surface area contributed by atoms with E-state index in [-0.39, 0.29) is 0 Å². The van der Waals surface area contributed by atoms with Crippen molar-refractivity contribution in [2.24, 2.45) is 0 Å². The number of hydrogen-bond donors (Lipinski definition) is 0. The lowest BCUT2D eigenvalue weighted by atomic mass is 10.2. The van der Waals surface area contributed by atoms with Crippen molar-refractivity contribution in [3.63, 3.8) is 0 Å². The SMILES string of the molecule is COc1cc(OC)cc(-n2cnc3ccc(Br)nc32)c1. The Hall–Kier alpha value is -2.08. The van der Waals surface area contributed by atoms with Crippen molar-refractivity contribution in [1.29, 1.82) is 0 Å². The van der Waals surface area contributed by atoms with Gasteiger partial charge >= 0.3 is 0 Å². The molecule has 6 heteroatoms. The first-order valence-corrected chi connectivity index (χ1v) is 6.73. The van der Waals surface area contributed by atoms with Crippen LogP contribution in [0.5, 0.6) is 11.5 Å². The standard InChI is InChI=1S/C14H12BrN3O2/c1-19-10-5-9(6-11(7-10)20-2)18-8-16-12-3-4-13(15)17-14(12)18/h3-8H,1-2H3. The Labute approximate surface area is 124 Å². The summed E-state index contributed by atoms with van der Waals surface area (Å²) in [6.45, 7) is 0. The Morgan fingerprint density at radius 2 is 1.75 bits per heavy atom. The van der Waals surface area contributed by atoms with E-state index in [0.717, 1.165) is 33.0 Å². The third-order valence-corrected chi connectivity index (χ3v) is 3.42. The van der Waals surface area contributed by atoms with Gasteiger partial charge in [0, 0.05) is 18.2 Å². The molecule has 0 amide bonds. The molecule has 0 saturated carbocycles. The van der Waals surface area contributed by atoms with Crippen molar-refractivity contribution < 1.29 is 9.47 Å². The normalized spacial score (nSPS) is 10.8. The van der Waals surface area contributed by atoms with E-state index >= 15 is 0 Å². The molecule has 3 rings (SSSR count). The lowest BCUT2D eigenvalue weighted by Gasteiger charge is -2.09. The van der Waals surface area contributed by atoms with Gasteiger partial charge in [0.05, 0.1) is 19.9 Å². The predicted octanol–water partition coefficient (Wildman–Crippen LogP) is 3.20. The summed E-state index contributed by atoms with van der Waals surface area (Å²) < 4.78 is 13.2. The van der Waals surface area contributed by atoms with Crippen LogP contribution in [0.25, 0.3) is 16.9 Å². The quantitative estimate of drug-likeness (QED) is 0.690. The highest BCUT2D eigenvalue weighted by atomic mass is 79.9. The molecule has 0 aliphatic heterocycles. The maximum atomic E-state index is 5.29. The summed E-state index contributed by atoms with van der Waals surface area (Å²) in [5.74, 6) is 1.44. The molecule has 0 atom stereocenters. The van der Waals surface area contributed by atoms with Crippen LogP contribution in [0.2, 0.25) is 0 Å². The van der Waals surface area contributed by atoms with Gasteiger partial charge in [0.2, 0.25) is 0 Å². The second-order valence-corrected chi connectivity index (χ2v) is 4.97. The minimum Gasteiger partial charge on any atom is -0.497 e. The van der Waals surface area contributed by atoms with E-state index in [1.165, 1.54) is 0 Å². The molecular weight excluding hydrogens is 322 g/mol. The number of pyridine rings is 1. The molecule has 2 heterocycles. The van der Waals surface area contributed by atoms with Crippen molar-refractivity contribution in [1.82, 2.24) is 14.5 Å². The van der Waals surface area contributed by atoms with Crippen molar-refractivity contribution >= 4 is 27.1 Å². The van der Waals surface area contributed by atoms with Gasteiger partial charge in [-0.15, -0.1) is 0 Å². The number of hydrogen-bond acceptors (Lipinski definition) is 4. The minimum atomic E-state index is 0.719. The van der Waals surface area contributed by atoms with Crippen LogP contribution in [0, 0.1) is 0 Å². The molecule has 0 aliphatic rings. The summed E-state index contributed by atoms with van der Waals surface area (Å²) in [5, 5.41) is 0.